The highest BCUT2D eigenvalue weighted by Crippen LogP contribution is 2.31. The number of rotatable bonds is 2. The molecule has 1 unspecified atom stereocenters. The molecule has 1 aromatic carbocycles. The van der Waals surface area contributed by atoms with E-state index >= 15 is 0 Å². The van der Waals surface area contributed by atoms with E-state index in [0.29, 0.717) is 10.6 Å². The molecule has 3 nitrogen and oxygen atoms in total. The van der Waals surface area contributed by atoms with Crippen LogP contribution < -0.4 is 0 Å². The van der Waals surface area contributed by atoms with Gasteiger partial charge in [-0.2, -0.15) is 0 Å². The summed E-state index contributed by atoms with van der Waals surface area (Å²) in [4.78, 5) is 10.7. The molecule has 0 heterocycles. The van der Waals surface area contributed by atoms with Crippen molar-refractivity contribution in [3.8, 4) is 0 Å². The number of aliphatic hydroxyl groups is 1. The van der Waals surface area contributed by atoms with Gasteiger partial charge in [-0.25, -0.2) is 4.79 Å². The number of aliphatic carboxylic acids is 1. The molecule has 0 saturated heterocycles. The SMILES string of the molecule is O=C(O)C(O)c1cc(Cl)c2c(c1)CCCC2. The van der Waals surface area contributed by atoms with Crippen LogP contribution in [-0.4, -0.2) is 16.2 Å². The van der Waals surface area contributed by atoms with E-state index in [1.165, 1.54) is 0 Å². The van der Waals surface area contributed by atoms with E-state index < -0.39 is 12.1 Å². The molecule has 0 spiro atoms. The molecule has 0 bridgehead atoms. The van der Waals surface area contributed by atoms with E-state index in [9.17, 15) is 9.90 Å². The second-order valence-corrected chi connectivity index (χ2v) is 4.50. The zero-order chi connectivity index (χ0) is 11.7. The molecule has 86 valence electrons. The quantitative estimate of drug-likeness (QED) is 0.834. The van der Waals surface area contributed by atoms with Crippen molar-refractivity contribution in [2.75, 3.05) is 0 Å². The van der Waals surface area contributed by atoms with Crippen LogP contribution in [0.4, 0.5) is 0 Å². The van der Waals surface area contributed by atoms with Gasteiger partial charge in [0, 0.05) is 5.02 Å². The van der Waals surface area contributed by atoms with Gasteiger partial charge >= 0.3 is 5.97 Å². The third kappa shape index (κ3) is 2.06. The first kappa shape index (κ1) is 11.4. The number of hydrogen-bond acceptors (Lipinski definition) is 2. The van der Waals surface area contributed by atoms with Crippen LogP contribution in [0.5, 0.6) is 0 Å². The molecule has 2 rings (SSSR count). The predicted octanol–water partition coefficient (Wildman–Crippen LogP) is 2.34. The molecular weight excluding hydrogens is 228 g/mol. The standard InChI is InChI=1S/C12H13ClO3/c13-10-6-8(11(14)12(15)16)5-7-3-1-2-4-9(7)10/h5-6,11,14H,1-4H2,(H,15,16). The monoisotopic (exact) mass is 240 g/mol. The Morgan fingerprint density at radius 2 is 2.00 bits per heavy atom. The van der Waals surface area contributed by atoms with Crippen LogP contribution in [0.1, 0.15) is 35.6 Å². The fourth-order valence-electron chi connectivity index (χ4n) is 2.14. The van der Waals surface area contributed by atoms with Crippen molar-refractivity contribution < 1.29 is 15.0 Å². The Hall–Kier alpha value is -1.06. The van der Waals surface area contributed by atoms with Crippen LogP contribution in [0.25, 0.3) is 0 Å². The van der Waals surface area contributed by atoms with Crippen molar-refractivity contribution in [2.24, 2.45) is 0 Å². The number of carbonyl (C=O) groups is 1. The molecule has 1 aromatic rings. The van der Waals surface area contributed by atoms with Gasteiger partial charge in [0.2, 0.25) is 0 Å². The average Bonchev–Trinajstić information content (AvgIpc) is 2.28. The molecule has 0 radical (unpaired) electrons. The molecule has 0 fully saturated rings. The number of halogens is 1. The maximum Gasteiger partial charge on any atom is 0.337 e. The maximum atomic E-state index is 10.7. The maximum absolute atomic E-state index is 10.7. The summed E-state index contributed by atoms with van der Waals surface area (Å²) in [5.41, 5.74) is 2.56. The van der Waals surface area contributed by atoms with Crippen LogP contribution in [0.15, 0.2) is 12.1 Å². The highest BCUT2D eigenvalue weighted by molar-refractivity contribution is 6.31. The smallest absolute Gasteiger partial charge is 0.337 e. The van der Waals surface area contributed by atoms with Crippen molar-refractivity contribution in [1.82, 2.24) is 0 Å². The minimum atomic E-state index is -1.48. The van der Waals surface area contributed by atoms with E-state index in [1.54, 1.807) is 12.1 Å². The number of benzene rings is 1. The van der Waals surface area contributed by atoms with Gasteiger partial charge in [0.25, 0.3) is 0 Å². The molecular formula is C12H13ClO3. The molecule has 0 aliphatic heterocycles. The van der Waals surface area contributed by atoms with Crippen molar-refractivity contribution in [1.29, 1.82) is 0 Å². The summed E-state index contributed by atoms with van der Waals surface area (Å²) in [5.74, 6) is -1.24. The first-order valence-corrected chi connectivity index (χ1v) is 5.69. The lowest BCUT2D eigenvalue weighted by molar-refractivity contribution is -0.146. The largest absolute Gasteiger partial charge is 0.479 e. The molecule has 0 aromatic heterocycles. The molecule has 16 heavy (non-hydrogen) atoms. The average molecular weight is 241 g/mol. The summed E-state index contributed by atoms with van der Waals surface area (Å²) in [6.45, 7) is 0. The van der Waals surface area contributed by atoms with E-state index in [2.05, 4.69) is 0 Å². The van der Waals surface area contributed by atoms with Gasteiger partial charge in [0.15, 0.2) is 6.10 Å². The van der Waals surface area contributed by atoms with Crippen molar-refractivity contribution in [2.45, 2.75) is 31.8 Å². The van der Waals surface area contributed by atoms with Crippen molar-refractivity contribution >= 4 is 17.6 Å². The summed E-state index contributed by atoms with van der Waals surface area (Å²) >= 11 is 6.09. The number of fused-ring (bicyclic) bond motifs is 1. The molecule has 4 heteroatoms. The lowest BCUT2D eigenvalue weighted by Crippen LogP contribution is -2.12. The Balaban J connectivity index is 2.42. The van der Waals surface area contributed by atoms with E-state index in [0.717, 1.165) is 36.8 Å². The van der Waals surface area contributed by atoms with Crippen LogP contribution in [-0.2, 0) is 17.6 Å². The zero-order valence-corrected chi connectivity index (χ0v) is 9.50. The van der Waals surface area contributed by atoms with Gasteiger partial charge < -0.3 is 10.2 Å². The first-order chi connectivity index (χ1) is 7.59. The van der Waals surface area contributed by atoms with Crippen LogP contribution in [0.3, 0.4) is 0 Å². The number of aliphatic hydroxyl groups excluding tert-OH is 1. The van der Waals surface area contributed by atoms with E-state index in [4.69, 9.17) is 16.7 Å². The zero-order valence-electron chi connectivity index (χ0n) is 8.74. The second kappa shape index (κ2) is 4.44. The predicted molar refractivity (Wildman–Crippen MR) is 60.7 cm³/mol. The summed E-state index contributed by atoms with van der Waals surface area (Å²) in [7, 11) is 0. The highest BCUT2D eigenvalue weighted by Gasteiger charge is 2.20. The Labute approximate surface area is 98.7 Å². The second-order valence-electron chi connectivity index (χ2n) is 4.09. The molecule has 1 aliphatic carbocycles. The lowest BCUT2D eigenvalue weighted by atomic mass is 9.89. The van der Waals surface area contributed by atoms with Gasteiger partial charge in [-0.05, 0) is 48.4 Å². The van der Waals surface area contributed by atoms with Gasteiger partial charge in [0.1, 0.15) is 0 Å². The molecule has 2 N–H and O–H groups in total. The van der Waals surface area contributed by atoms with Crippen LogP contribution >= 0.6 is 11.6 Å². The van der Waals surface area contributed by atoms with E-state index in [1.807, 2.05) is 0 Å². The van der Waals surface area contributed by atoms with Gasteiger partial charge in [0.05, 0.1) is 0 Å². The van der Waals surface area contributed by atoms with Gasteiger partial charge in [-0.3, -0.25) is 0 Å². The number of aryl methyl sites for hydroxylation is 1. The Morgan fingerprint density at radius 1 is 1.31 bits per heavy atom. The Morgan fingerprint density at radius 3 is 2.69 bits per heavy atom. The number of hydrogen-bond donors (Lipinski definition) is 2. The van der Waals surface area contributed by atoms with Crippen LogP contribution in [0, 0.1) is 0 Å². The third-order valence-electron chi connectivity index (χ3n) is 2.98. The molecule has 0 amide bonds. The molecule has 1 aliphatic rings. The topological polar surface area (TPSA) is 57.5 Å². The van der Waals surface area contributed by atoms with E-state index in [-0.39, 0.29) is 0 Å². The summed E-state index contributed by atoms with van der Waals surface area (Å²) in [6, 6.07) is 3.32. The summed E-state index contributed by atoms with van der Waals surface area (Å²) < 4.78 is 0. The molecule has 1 atom stereocenters. The van der Waals surface area contributed by atoms with Crippen molar-refractivity contribution in [3.05, 3.63) is 33.8 Å². The fourth-order valence-corrected chi connectivity index (χ4v) is 2.48. The van der Waals surface area contributed by atoms with Gasteiger partial charge in [-0.15, -0.1) is 0 Å². The fraction of sp³-hybridized carbons (Fsp3) is 0.417. The minimum absolute atomic E-state index is 0.373. The number of carboxylic acids is 1. The molecule has 0 saturated carbocycles. The van der Waals surface area contributed by atoms with Gasteiger partial charge in [-0.1, -0.05) is 17.7 Å². The minimum Gasteiger partial charge on any atom is -0.479 e. The third-order valence-corrected chi connectivity index (χ3v) is 3.32. The van der Waals surface area contributed by atoms with Crippen molar-refractivity contribution in [3.63, 3.8) is 0 Å². The normalized spacial score (nSPS) is 16.6. The Bertz CT molecular complexity index is 429. The lowest BCUT2D eigenvalue weighted by Gasteiger charge is -2.19. The highest BCUT2D eigenvalue weighted by atomic mass is 35.5. The first-order valence-electron chi connectivity index (χ1n) is 5.31. The summed E-state index contributed by atoms with van der Waals surface area (Å²) in [5, 5.41) is 18.8. The van der Waals surface area contributed by atoms with Crippen LogP contribution in [0.2, 0.25) is 5.02 Å². The number of carboxylic acid groups (broad SMARTS) is 1. The Kier molecular flexibility index (Phi) is 3.17. The summed E-state index contributed by atoms with van der Waals surface area (Å²) in [6.07, 6.45) is 2.58.